The van der Waals surface area contributed by atoms with Gasteiger partial charge in [-0.1, -0.05) is 12.2 Å². The Kier molecular flexibility index (Phi) is 2.90. The third-order valence-electron chi connectivity index (χ3n) is 2.24. The summed E-state index contributed by atoms with van der Waals surface area (Å²) in [6.45, 7) is 0. The molecule has 84 valence electrons. The minimum atomic E-state index is -4.58. The molecule has 0 aromatic carbocycles. The van der Waals surface area contributed by atoms with Gasteiger partial charge in [0.15, 0.2) is 5.60 Å². The van der Waals surface area contributed by atoms with Crippen molar-refractivity contribution in [3.63, 3.8) is 0 Å². The van der Waals surface area contributed by atoms with Crippen molar-refractivity contribution in [1.82, 2.24) is 0 Å². The van der Waals surface area contributed by atoms with E-state index < -0.39 is 17.7 Å². The number of alkyl halides is 3. The van der Waals surface area contributed by atoms with Crippen LogP contribution >= 0.6 is 0 Å². The van der Waals surface area contributed by atoms with Crippen LogP contribution < -0.4 is 5.73 Å². The van der Waals surface area contributed by atoms with Crippen LogP contribution in [0.2, 0.25) is 0 Å². The molecule has 0 aromatic rings. The third kappa shape index (κ3) is 2.04. The summed E-state index contributed by atoms with van der Waals surface area (Å²) in [5.74, 6) is -0.906. The van der Waals surface area contributed by atoms with E-state index in [0.717, 1.165) is 13.2 Å². The van der Waals surface area contributed by atoms with Crippen LogP contribution in [0.1, 0.15) is 6.42 Å². The first-order valence-corrected chi connectivity index (χ1v) is 4.13. The monoisotopic (exact) mass is 221 g/mol. The van der Waals surface area contributed by atoms with E-state index in [1.165, 1.54) is 12.2 Å². The lowest BCUT2D eigenvalue weighted by Crippen LogP contribution is -2.46. The molecule has 1 aliphatic rings. The van der Waals surface area contributed by atoms with Crippen molar-refractivity contribution in [2.45, 2.75) is 18.2 Å². The van der Waals surface area contributed by atoms with Gasteiger partial charge in [0.2, 0.25) is 5.91 Å². The number of hydrogen-bond donors (Lipinski definition) is 1. The molecule has 0 heterocycles. The second kappa shape index (κ2) is 3.69. The number of methoxy groups -OCH3 is 1. The molecule has 0 radical (unpaired) electrons. The fraction of sp³-hybridized carbons (Fsp3) is 0.444. The summed E-state index contributed by atoms with van der Waals surface area (Å²) >= 11 is 0. The number of carbonyl (C=O) groups is 1. The van der Waals surface area contributed by atoms with Crippen LogP contribution in [-0.4, -0.2) is 24.8 Å². The minimum Gasteiger partial charge on any atom is -0.366 e. The van der Waals surface area contributed by atoms with E-state index in [1.807, 2.05) is 0 Å². The van der Waals surface area contributed by atoms with Gasteiger partial charge >= 0.3 is 6.18 Å². The van der Waals surface area contributed by atoms with Crippen LogP contribution in [0.4, 0.5) is 13.2 Å². The Labute approximate surface area is 84.4 Å². The van der Waals surface area contributed by atoms with Crippen molar-refractivity contribution in [1.29, 1.82) is 0 Å². The quantitative estimate of drug-likeness (QED) is 0.764. The first-order valence-electron chi connectivity index (χ1n) is 4.13. The standard InChI is InChI=1S/C9H10F3NO2/c1-15-8(9(10,11)12)4-2-3-6(5-8)7(13)14/h2-3,5H,4H2,1H3,(H2,13,14). The highest BCUT2D eigenvalue weighted by Crippen LogP contribution is 2.40. The van der Waals surface area contributed by atoms with Crippen molar-refractivity contribution < 1.29 is 22.7 Å². The number of nitrogens with two attached hydrogens (primary N) is 1. The lowest BCUT2D eigenvalue weighted by Gasteiger charge is -2.32. The highest BCUT2D eigenvalue weighted by molar-refractivity contribution is 5.95. The van der Waals surface area contributed by atoms with Crippen LogP contribution in [0.3, 0.4) is 0 Å². The number of carbonyl (C=O) groups excluding carboxylic acids is 1. The molecule has 0 bridgehead atoms. The Morgan fingerprint density at radius 3 is 2.60 bits per heavy atom. The van der Waals surface area contributed by atoms with Gasteiger partial charge in [-0.05, 0) is 6.08 Å². The Morgan fingerprint density at radius 2 is 2.20 bits per heavy atom. The van der Waals surface area contributed by atoms with Crippen LogP contribution in [0.15, 0.2) is 23.8 Å². The van der Waals surface area contributed by atoms with E-state index in [-0.39, 0.29) is 12.0 Å². The molecule has 0 fully saturated rings. The van der Waals surface area contributed by atoms with Gasteiger partial charge in [0.05, 0.1) is 0 Å². The molecule has 1 unspecified atom stereocenters. The van der Waals surface area contributed by atoms with E-state index in [0.29, 0.717) is 0 Å². The highest BCUT2D eigenvalue weighted by Gasteiger charge is 2.54. The van der Waals surface area contributed by atoms with Crippen molar-refractivity contribution in [2.24, 2.45) is 5.73 Å². The van der Waals surface area contributed by atoms with Crippen molar-refractivity contribution in [3.05, 3.63) is 23.8 Å². The lowest BCUT2D eigenvalue weighted by atomic mass is 9.90. The Bertz CT molecular complexity index is 333. The third-order valence-corrected chi connectivity index (χ3v) is 2.24. The molecule has 1 amide bonds. The summed E-state index contributed by atoms with van der Waals surface area (Å²) in [6, 6.07) is 0. The predicted octanol–water partition coefficient (Wildman–Crippen LogP) is 1.31. The summed E-state index contributed by atoms with van der Waals surface area (Å²) in [7, 11) is 0.946. The number of amides is 1. The van der Waals surface area contributed by atoms with Crippen LogP contribution in [0.25, 0.3) is 0 Å². The Hall–Kier alpha value is -1.30. The summed E-state index contributed by atoms with van der Waals surface area (Å²) in [4.78, 5) is 10.8. The summed E-state index contributed by atoms with van der Waals surface area (Å²) in [6.07, 6.45) is -1.74. The maximum atomic E-state index is 12.7. The van der Waals surface area contributed by atoms with Gasteiger partial charge in [0, 0.05) is 19.1 Å². The number of hydrogen-bond acceptors (Lipinski definition) is 2. The van der Waals surface area contributed by atoms with Gasteiger partial charge in [0.1, 0.15) is 0 Å². The summed E-state index contributed by atoms with van der Waals surface area (Å²) in [5, 5.41) is 0. The molecule has 0 saturated heterocycles. The van der Waals surface area contributed by atoms with E-state index in [2.05, 4.69) is 4.74 Å². The smallest absolute Gasteiger partial charge is 0.366 e. The maximum absolute atomic E-state index is 12.7. The van der Waals surface area contributed by atoms with E-state index in [9.17, 15) is 18.0 Å². The lowest BCUT2D eigenvalue weighted by molar-refractivity contribution is -0.248. The van der Waals surface area contributed by atoms with Gasteiger partial charge in [-0.25, -0.2) is 0 Å². The highest BCUT2D eigenvalue weighted by atomic mass is 19.4. The zero-order chi connectivity index (χ0) is 11.7. The zero-order valence-electron chi connectivity index (χ0n) is 7.97. The number of rotatable bonds is 2. The van der Waals surface area contributed by atoms with Crippen LogP contribution in [-0.2, 0) is 9.53 Å². The molecule has 0 saturated carbocycles. The molecule has 0 aliphatic heterocycles. The first-order chi connectivity index (χ1) is 6.82. The minimum absolute atomic E-state index is 0.194. The molecule has 1 aliphatic carbocycles. The number of ether oxygens (including phenoxy) is 1. The van der Waals surface area contributed by atoms with Crippen LogP contribution in [0, 0.1) is 0 Å². The van der Waals surface area contributed by atoms with Crippen LogP contribution in [0.5, 0.6) is 0 Å². The Balaban J connectivity index is 3.14. The molecule has 15 heavy (non-hydrogen) atoms. The Morgan fingerprint density at radius 1 is 1.60 bits per heavy atom. The van der Waals surface area contributed by atoms with Crippen molar-refractivity contribution in [2.75, 3.05) is 7.11 Å². The normalized spacial score (nSPS) is 26.3. The van der Waals surface area contributed by atoms with Gasteiger partial charge in [0.25, 0.3) is 0 Å². The topological polar surface area (TPSA) is 52.3 Å². The molecule has 6 heteroatoms. The number of primary amides is 1. The van der Waals surface area contributed by atoms with E-state index in [4.69, 9.17) is 5.73 Å². The predicted molar refractivity (Wildman–Crippen MR) is 46.8 cm³/mol. The summed E-state index contributed by atoms with van der Waals surface area (Å²) < 4.78 is 42.5. The average Bonchev–Trinajstić information content (AvgIpc) is 2.16. The molecule has 0 aromatic heterocycles. The van der Waals surface area contributed by atoms with E-state index >= 15 is 0 Å². The molecule has 3 nitrogen and oxygen atoms in total. The van der Waals surface area contributed by atoms with Crippen molar-refractivity contribution in [3.8, 4) is 0 Å². The van der Waals surface area contributed by atoms with E-state index in [1.54, 1.807) is 0 Å². The largest absolute Gasteiger partial charge is 0.421 e. The average molecular weight is 221 g/mol. The second-order valence-corrected chi connectivity index (χ2v) is 3.16. The molecular weight excluding hydrogens is 211 g/mol. The molecule has 1 rings (SSSR count). The van der Waals surface area contributed by atoms with Gasteiger partial charge in [-0.3, -0.25) is 4.79 Å². The maximum Gasteiger partial charge on any atom is 0.421 e. The van der Waals surface area contributed by atoms with Gasteiger partial charge in [-0.2, -0.15) is 13.2 Å². The molecular formula is C9H10F3NO2. The summed E-state index contributed by atoms with van der Waals surface area (Å²) in [5.41, 5.74) is 2.27. The second-order valence-electron chi connectivity index (χ2n) is 3.16. The SMILES string of the molecule is COC1(C(F)(F)F)C=C(C(N)=O)C=CC1. The van der Waals surface area contributed by atoms with Gasteiger partial charge < -0.3 is 10.5 Å². The zero-order valence-corrected chi connectivity index (χ0v) is 7.97. The van der Waals surface area contributed by atoms with Crippen molar-refractivity contribution >= 4 is 5.91 Å². The molecule has 0 spiro atoms. The fourth-order valence-electron chi connectivity index (χ4n) is 1.33. The molecule has 2 N–H and O–H groups in total. The fourth-order valence-corrected chi connectivity index (χ4v) is 1.33. The molecule has 1 atom stereocenters. The first kappa shape index (κ1) is 11.8. The van der Waals surface area contributed by atoms with Gasteiger partial charge in [-0.15, -0.1) is 0 Å². The number of halogens is 3.